The number of benzene rings is 1. The Labute approximate surface area is 111 Å². The molecule has 1 fully saturated rings. The number of halogens is 4. The highest BCUT2D eigenvalue weighted by molar-refractivity contribution is 9.10. The first kappa shape index (κ1) is 13.7. The summed E-state index contributed by atoms with van der Waals surface area (Å²) in [5, 5.41) is 13.0. The van der Waals surface area contributed by atoms with Crippen molar-refractivity contribution in [3.05, 3.63) is 27.7 Å². The minimum Gasteiger partial charge on any atom is -0.507 e. The molecule has 2 rings (SSSR count). The third kappa shape index (κ3) is 2.80. The highest BCUT2D eigenvalue weighted by atomic mass is 79.9. The summed E-state index contributed by atoms with van der Waals surface area (Å²) in [5.41, 5.74) is -0.671. The number of hydrogen-bond acceptors (Lipinski definition) is 2. The quantitative estimate of drug-likeness (QED) is 0.819. The molecule has 0 unspecified atom stereocenters. The summed E-state index contributed by atoms with van der Waals surface area (Å²) >= 11 is 3.07. The normalized spacial score (nSPS) is 21.0. The van der Waals surface area contributed by atoms with Crippen LogP contribution < -0.4 is 5.32 Å². The fourth-order valence-electron chi connectivity index (χ4n) is 2.22. The Morgan fingerprint density at radius 1 is 1.28 bits per heavy atom. The Balaban J connectivity index is 2.44. The van der Waals surface area contributed by atoms with Crippen molar-refractivity contribution in [2.75, 3.05) is 6.54 Å². The van der Waals surface area contributed by atoms with Gasteiger partial charge in [-0.1, -0.05) is 22.4 Å². The van der Waals surface area contributed by atoms with Crippen LogP contribution in [0.5, 0.6) is 5.75 Å². The Morgan fingerprint density at radius 2 is 2.00 bits per heavy atom. The molecule has 0 radical (unpaired) electrons. The summed E-state index contributed by atoms with van der Waals surface area (Å²) in [6.07, 6.45) is -1.85. The highest BCUT2D eigenvalue weighted by Crippen LogP contribution is 2.42. The van der Waals surface area contributed by atoms with Gasteiger partial charge in [0.1, 0.15) is 5.75 Å². The largest absolute Gasteiger partial charge is 0.507 e. The maximum Gasteiger partial charge on any atom is 0.420 e. The van der Waals surface area contributed by atoms with Crippen LogP contribution in [-0.4, -0.2) is 11.7 Å². The lowest BCUT2D eigenvalue weighted by atomic mass is 9.95. The Bertz CT molecular complexity index is 442. The van der Waals surface area contributed by atoms with E-state index in [0.717, 1.165) is 31.9 Å². The van der Waals surface area contributed by atoms with Crippen LogP contribution in [0, 0.1) is 0 Å². The summed E-state index contributed by atoms with van der Waals surface area (Å²) < 4.78 is 38.7. The predicted octanol–water partition coefficient (Wildman–Crippen LogP) is 3.99. The molecule has 100 valence electrons. The molecule has 0 amide bonds. The van der Waals surface area contributed by atoms with Crippen molar-refractivity contribution in [3.63, 3.8) is 0 Å². The summed E-state index contributed by atoms with van der Waals surface area (Å²) in [7, 11) is 0. The van der Waals surface area contributed by atoms with E-state index >= 15 is 0 Å². The SMILES string of the molecule is Oc1c([C@H]2CCCCN2)cc(Br)cc1C(F)(F)F. The number of alkyl halides is 3. The number of nitrogens with one attached hydrogen (secondary N) is 1. The maximum atomic E-state index is 12.8. The molecule has 1 atom stereocenters. The fraction of sp³-hybridized carbons (Fsp3) is 0.500. The summed E-state index contributed by atoms with van der Waals surface area (Å²) in [5.74, 6) is -0.662. The highest BCUT2D eigenvalue weighted by Gasteiger charge is 2.36. The van der Waals surface area contributed by atoms with Gasteiger partial charge in [-0.05, 0) is 31.5 Å². The second kappa shape index (κ2) is 5.09. The van der Waals surface area contributed by atoms with E-state index in [9.17, 15) is 18.3 Å². The zero-order valence-electron chi connectivity index (χ0n) is 9.52. The summed E-state index contributed by atoms with van der Waals surface area (Å²) in [6.45, 7) is 0.762. The molecule has 1 aromatic rings. The number of aromatic hydroxyl groups is 1. The van der Waals surface area contributed by atoms with Gasteiger partial charge in [-0.3, -0.25) is 0 Å². The van der Waals surface area contributed by atoms with E-state index in [2.05, 4.69) is 21.2 Å². The number of phenolic OH excluding ortho intramolecular Hbond substituents is 1. The minimum absolute atomic E-state index is 0.211. The van der Waals surface area contributed by atoms with Gasteiger partial charge >= 0.3 is 6.18 Å². The Kier molecular flexibility index (Phi) is 3.87. The van der Waals surface area contributed by atoms with E-state index < -0.39 is 17.5 Å². The summed E-state index contributed by atoms with van der Waals surface area (Å²) in [6, 6.07) is 2.24. The average molecular weight is 324 g/mol. The first-order valence-corrected chi connectivity index (χ1v) is 6.52. The Morgan fingerprint density at radius 3 is 2.56 bits per heavy atom. The van der Waals surface area contributed by atoms with Gasteiger partial charge in [0.15, 0.2) is 0 Å². The van der Waals surface area contributed by atoms with Crippen LogP contribution in [0.3, 0.4) is 0 Å². The number of phenols is 1. The molecule has 18 heavy (non-hydrogen) atoms. The molecule has 0 bridgehead atoms. The number of piperidine rings is 1. The van der Waals surface area contributed by atoms with Crippen LogP contribution in [0.1, 0.15) is 36.4 Å². The van der Waals surface area contributed by atoms with Crippen LogP contribution in [0.4, 0.5) is 13.2 Å². The lowest BCUT2D eigenvalue weighted by molar-refractivity contribution is -0.138. The van der Waals surface area contributed by atoms with Crippen LogP contribution in [-0.2, 0) is 6.18 Å². The van der Waals surface area contributed by atoms with E-state index in [4.69, 9.17) is 0 Å². The van der Waals surface area contributed by atoms with E-state index in [1.54, 1.807) is 6.07 Å². The third-order valence-corrected chi connectivity index (χ3v) is 3.55. The fourth-order valence-corrected chi connectivity index (χ4v) is 2.69. The molecular weight excluding hydrogens is 311 g/mol. The van der Waals surface area contributed by atoms with E-state index in [0.29, 0.717) is 10.0 Å². The monoisotopic (exact) mass is 323 g/mol. The molecule has 1 aromatic carbocycles. The van der Waals surface area contributed by atoms with E-state index in [1.165, 1.54) is 0 Å². The van der Waals surface area contributed by atoms with Gasteiger partial charge in [0.05, 0.1) is 5.56 Å². The van der Waals surface area contributed by atoms with Gasteiger partial charge in [0, 0.05) is 16.1 Å². The molecule has 2 N–H and O–H groups in total. The lowest BCUT2D eigenvalue weighted by Crippen LogP contribution is -2.27. The number of rotatable bonds is 1. The van der Waals surface area contributed by atoms with E-state index in [1.807, 2.05) is 0 Å². The molecule has 1 aliphatic heterocycles. The predicted molar refractivity (Wildman–Crippen MR) is 65.4 cm³/mol. The van der Waals surface area contributed by atoms with Gasteiger partial charge in [-0.15, -0.1) is 0 Å². The van der Waals surface area contributed by atoms with Crippen molar-refractivity contribution in [1.29, 1.82) is 0 Å². The van der Waals surface area contributed by atoms with Gasteiger partial charge in [0.25, 0.3) is 0 Å². The Hall–Kier alpha value is -0.750. The molecule has 1 aliphatic rings. The van der Waals surface area contributed by atoms with Gasteiger partial charge in [0.2, 0.25) is 0 Å². The van der Waals surface area contributed by atoms with Crippen molar-refractivity contribution in [3.8, 4) is 5.75 Å². The van der Waals surface area contributed by atoms with Gasteiger partial charge in [-0.2, -0.15) is 13.2 Å². The van der Waals surface area contributed by atoms with Gasteiger partial charge in [-0.25, -0.2) is 0 Å². The molecule has 2 nitrogen and oxygen atoms in total. The maximum absolute atomic E-state index is 12.8. The average Bonchev–Trinajstić information content (AvgIpc) is 2.31. The van der Waals surface area contributed by atoms with Crippen LogP contribution in [0.15, 0.2) is 16.6 Å². The van der Waals surface area contributed by atoms with E-state index in [-0.39, 0.29) is 6.04 Å². The van der Waals surface area contributed by atoms with Gasteiger partial charge < -0.3 is 10.4 Å². The first-order valence-electron chi connectivity index (χ1n) is 5.72. The van der Waals surface area contributed by atoms with Crippen molar-refractivity contribution in [2.24, 2.45) is 0 Å². The topological polar surface area (TPSA) is 32.3 Å². The first-order chi connectivity index (χ1) is 8.39. The van der Waals surface area contributed by atoms with Crippen molar-refractivity contribution >= 4 is 15.9 Å². The molecule has 0 aliphatic carbocycles. The third-order valence-electron chi connectivity index (χ3n) is 3.10. The molecule has 1 saturated heterocycles. The number of hydrogen-bond donors (Lipinski definition) is 2. The molecule has 0 aromatic heterocycles. The standard InChI is InChI=1S/C12H13BrF3NO/c13-7-5-8(10-3-1-2-4-17-10)11(18)9(6-7)12(14,15)16/h5-6,10,17-18H,1-4H2/t10-/m1/s1. The minimum atomic E-state index is -4.54. The van der Waals surface area contributed by atoms with Crippen LogP contribution >= 0.6 is 15.9 Å². The molecular formula is C12H13BrF3NO. The smallest absolute Gasteiger partial charge is 0.420 e. The molecule has 6 heteroatoms. The molecule has 0 saturated carbocycles. The van der Waals surface area contributed by atoms with Crippen LogP contribution in [0.2, 0.25) is 0 Å². The zero-order chi connectivity index (χ0) is 13.3. The van der Waals surface area contributed by atoms with Crippen molar-refractivity contribution < 1.29 is 18.3 Å². The molecule has 0 spiro atoms. The zero-order valence-corrected chi connectivity index (χ0v) is 11.1. The molecule has 1 heterocycles. The summed E-state index contributed by atoms with van der Waals surface area (Å²) in [4.78, 5) is 0. The second-order valence-corrected chi connectivity index (χ2v) is 5.31. The second-order valence-electron chi connectivity index (χ2n) is 4.39. The van der Waals surface area contributed by atoms with Crippen molar-refractivity contribution in [1.82, 2.24) is 5.32 Å². The lowest BCUT2D eigenvalue weighted by Gasteiger charge is -2.25. The van der Waals surface area contributed by atoms with Crippen LogP contribution in [0.25, 0.3) is 0 Å². The van der Waals surface area contributed by atoms with Crippen molar-refractivity contribution in [2.45, 2.75) is 31.5 Å².